The summed E-state index contributed by atoms with van der Waals surface area (Å²) in [5.74, 6) is -2.50. The fourth-order valence-corrected chi connectivity index (χ4v) is 4.03. The number of carbonyl (C=O) groups is 1. The van der Waals surface area contributed by atoms with E-state index in [1.807, 2.05) is 24.3 Å². The second-order valence-corrected chi connectivity index (χ2v) is 7.12. The van der Waals surface area contributed by atoms with E-state index in [1.54, 1.807) is 0 Å². The molecule has 1 unspecified atom stereocenters. The standard InChI is InChI=1S/C19H16F2N2O2S/c20-13-6-3-7-14(21)17(13)18(24)23(11-12-5-4-10-25-12)19-22-15-8-1-2-9-16(15)26-19/h1-3,6-9,12H,4-5,10-11H2. The van der Waals surface area contributed by atoms with Crippen LogP contribution in [-0.2, 0) is 4.74 Å². The van der Waals surface area contributed by atoms with E-state index in [2.05, 4.69) is 4.98 Å². The smallest absolute Gasteiger partial charge is 0.266 e. The first-order chi connectivity index (χ1) is 12.6. The molecular weight excluding hydrogens is 358 g/mol. The molecule has 1 atom stereocenters. The highest BCUT2D eigenvalue weighted by atomic mass is 32.1. The largest absolute Gasteiger partial charge is 0.376 e. The van der Waals surface area contributed by atoms with E-state index in [0.717, 1.165) is 35.2 Å². The number of thiazole rings is 1. The number of carbonyl (C=O) groups excluding carboxylic acids is 1. The van der Waals surface area contributed by atoms with Crippen LogP contribution in [0.3, 0.4) is 0 Å². The molecule has 7 heteroatoms. The number of aromatic nitrogens is 1. The van der Waals surface area contributed by atoms with Gasteiger partial charge in [-0.15, -0.1) is 0 Å². The number of rotatable bonds is 4. The van der Waals surface area contributed by atoms with E-state index in [4.69, 9.17) is 4.74 Å². The lowest BCUT2D eigenvalue weighted by atomic mass is 10.1. The number of amides is 1. The molecule has 1 fully saturated rings. The molecule has 3 aromatic rings. The number of fused-ring (bicyclic) bond motifs is 1. The molecular formula is C19H16F2N2O2S. The SMILES string of the molecule is O=C(c1c(F)cccc1F)N(CC1CCCO1)c1nc2ccccc2s1. The molecule has 1 aliphatic rings. The summed E-state index contributed by atoms with van der Waals surface area (Å²) < 4.78 is 34.8. The Balaban J connectivity index is 1.75. The zero-order chi connectivity index (χ0) is 18.1. The normalized spacial score (nSPS) is 16.9. The predicted octanol–water partition coefficient (Wildman–Crippen LogP) is 4.40. The highest BCUT2D eigenvalue weighted by Gasteiger charge is 2.30. The van der Waals surface area contributed by atoms with Crippen LogP contribution in [0.5, 0.6) is 0 Å². The van der Waals surface area contributed by atoms with Crippen molar-refractivity contribution in [3.8, 4) is 0 Å². The van der Waals surface area contributed by atoms with Crippen LogP contribution in [0.4, 0.5) is 13.9 Å². The summed E-state index contributed by atoms with van der Waals surface area (Å²) in [6.07, 6.45) is 1.54. The van der Waals surface area contributed by atoms with Crippen LogP contribution in [0.25, 0.3) is 10.2 Å². The zero-order valence-corrected chi connectivity index (χ0v) is 14.6. The number of halogens is 2. The first-order valence-corrected chi connectivity index (χ1v) is 9.18. The van der Waals surface area contributed by atoms with Crippen LogP contribution in [-0.4, -0.2) is 30.1 Å². The molecule has 1 amide bonds. The quantitative estimate of drug-likeness (QED) is 0.680. The Hall–Kier alpha value is -2.38. The van der Waals surface area contributed by atoms with Crippen molar-refractivity contribution in [1.82, 2.24) is 4.98 Å². The van der Waals surface area contributed by atoms with Gasteiger partial charge < -0.3 is 4.74 Å². The van der Waals surface area contributed by atoms with E-state index in [0.29, 0.717) is 11.7 Å². The average molecular weight is 374 g/mol. The molecule has 0 spiro atoms. The van der Waals surface area contributed by atoms with Crippen LogP contribution < -0.4 is 4.90 Å². The van der Waals surface area contributed by atoms with Crippen LogP contribution >= 0.6 is 11.3 Å². The summed E-state index contributed by atoms with van der Waals surface area (Å²) in [4.78, 5) is 18.8. The highest BCUT2D eigenvalue weighted by molar-refractivity contribution is 7.22. The van der Waals surface area contributed by atoms with Crippen molar-refractivity contribution in [3.63, 3.8) is 0 Å². The molecule has 4 nitrogen and oxygen atoms in total. The predicted molar refractivity (Wildman–Crippen MR) is 96.6 cm³/mol. The summed E-state index contributed by atoms with van der Waals surface area (Å²) in [5, 5.41) is 0.411. The van der Waals surface area contributed by atoms with Crippen molar-refractivity contribution >= 4 is 32.6 Å². The fourth-order valence-electron chi connectivity index (χ4n) is 3.05. The summed E-state index contributed by atoms with van der Waals surface area (Å²) >= 11 is 1.32. The van der Waals surface area contributed by atoms with Gasteiger partial charge in [0.05, 0.1) is 22.9 Å². The topological polar surface area (TPSA) is 42.4 Å². The van der Waals surface area contributed by atoms with Crippen LogP contribution in [0.15, 0.2) is 42.5 Å². The molecule has 0 saturated carbocycles. The molecule has 1 saturated heterocycles. The third-order valence-electron chi connectivity index (χ3n) is 4.35. The summed E-state index contributed by atoms with van der Waals surface area (Å²) in [7, 11) is 0. The molecule has 2 heterocycles. The lowest BCUT2D eigenvalue weighted by Crippen LogP contribution is -2.38. The number of nitrogens with zero attached hydrogens (tertiary/aromatic N) is 2. The Bertz CT molecular complexity index is 900. The molecule has 1 aliphatic heterocycles. The summed E-state index contributed by atoms with van der Waals surface area (Å²) in [6, 6.07) is 10.9. The van der Waals surface area contributed by atoms with Gasteiger partial charge in [-0.25, -0.2) is 13.8 Å². The molecule has 1 aromatic heterocycles. The van der Waals surface area contributed by atoms with Crippen LogP contribution in [0, 0.1) is 11.6 Å². The third kappa shape index (κ3) is 3.20. The highest BCUT2D eigenvalue weighted by Crippen LogP contribution is 2.31. The number of anilines is 1. The number of para-hydroxylation sites is 1. The Morgan fingerprint density at radius 2 is 1.96 bits per heavy atom. The lowest BCUT2D eigenvalue weighted by molar-refractivity contribution is 0.0910. The number of benzene rings is 2. The minimum absolute atomic E-state index is 0.166. The Morgan fingerprint density at radius 3 is 2.65 bits per heavy atom. The second-order valence-electron chi connectivity index (χ2n) is 6.11. The van der Waals surface area contributed by atoms with Gasteiger partial charge in [0.1, 0.15) is 17.2 Å². The van der Waals surface area contributed by atoms with Gasteiger partial charge in [-0.3, -0.25) is 9.69 Å². The summed E-state index contributed by atoms with van der Waals surface area (Å²) in [5.41, 5.74) is 0.177. The van der Waals surface area contributed by atoms with E-state index >= 15 is 0 Å². The van der Waals surface area contributed by atoms with Crippen molar-refractivity contribution in [1.29, 1.82) is 0 Å². The van der Waals surface area contributed by atoms with Gasteiger partial charge in [0.2, 0.25) is 0 Å². The third-order valence-corrected chi connectivity index (χ3v) is 5.40. The number of hydrogen-bond acceptors (Lipinski definition) is 4. The first kappa shape index (κ1) is 17.1. The van der Waals surface area contributed by atoms with Gasteiger partial charge in [-0.1, -0.05) is 29.5 Å². The minimum atomic E-state index is -0.881. The molecule has 2 aromatic carbocycles. The molecule has 4 rings (SSSR count). The van der Waals surface area contributed by atoms with Gasteiger partial charge in [-0.05, 0) is 37.1 Å². The number of ether oxygens (including phenoxy) is 1. The van der Waals surface area contributed by atoms with E-state index in [9.17, 15) is 13.6 Å². The van der Waals surface area contributed by atoms with E-state index < -0.39 is 23.1 Å². The molecule has 0 bridgehead atoms. The molecule has 0 N–H and O–H groups in total. The molecule has 134 valence electrons. The van der Waals surface area contributed by atoms with Crippen LogP contribution in [0.2, 0.25) is 0 Å². The van der Waals surface area contributed by atoms with Gasteiger partial charge >= 0.3 is 0 Å². The Labute approximate surface area is 153 Å². The van der Waals surface area contributed by atoms with Gasteiger partial charge in [0.15, 0.2) is 5.13 Å². The first-order valence-electron chi connectivity index (χ1n) is 8.36. The maximum Gasteiger partial charge on any atom is 0.266 e. The van der Waals surface area contributed by atoms with Crippen molar-refractivity contribution in [3.05, 3.63) is 59.7 Å². The lowest BCUT2D eigenvalue weighted by Gasteiger charge is -2.23. The Kier molecular flexibility index (Phi) is 4.65. The van der Waals surface area contributed by atoms with Gasteiger partial charge in [0.25, 0.3) is 5.91 Å². The molecule has 26 heavy (non-hydrogen) atoms. The van der Waals surface area contributed by atoms with Crippen molar-refractivity contribution in [2.45, 2.75) is 18.9 Å². The van der Waals surface area contributed by atoms with Gasteiger partial charge in [0, 0.05) is 6.61 Å². The maximum atomic E-state index is 14.2. The Morgan fingerprint density at radius 1 is 1.19 bits per heavy atom. The summed E-state index contributed by atoms with van der Waals surface area (Å²) in [6.45, 7) is 0.840. The monoisotopic (exact) mass is 374 g/mol. The molecule has 0 radical (unpaired) electrons. The van der Waals surface area contributed by atoms with Crippen LogP contribution in [0.1, 0.15) is 23.2 Å². The average Bonchev–Trinajstić information content (AvgIpc) is 3.28. The fraction of sp³-hybridized carbons (Fsp3) is 0.263. The van der Waals surface area contributed by atoms with Gasteiger partial charge in [-0.2, -0.15) is 0 Å². The maximum absolute atomic E-state index is 14.2. The van der Waals surface area contributed by atoms with Crippen molar-refractivity contribution < 1.29 is 18.3 Å². The molecule has 0 aliphatic carbocycles. The van der Waals surface area contributed by atoms with Crippen molar-refractivity contribution in [2.24, 2.45) is 0 Å². The van der Waals surface area contributed by atoms with E-state index in [1.165, 1.54) is 22.3 Å². The van der Waals surface area contributed by atoms with E-state index in [-0.39, 0.29) is 12.6 Å². The van der Waals surface area contributed by atoms with Crippen molar-refractivity contribution in [2.75, 3.05) is 18.1 Å². The number of hydrogen-bond donors (Lipinski definition) is 0. The minimum Gasteiger partial charge on any atom is -0.376 e. The second kappa shape index (κ2) is 7.09. The zero-order valence-electron chi connectivity index (χ0n) is 13.8.